The lowest BCUT2D eigenvalue weighted by molar-refractivity contribution is 0.0694. The van der Waals surface area contributed by atoms with E-state index < -0.39 is 9.84 Å². The number of sulfone groups is 1. The second kappa shape index (κ2) is 7.13. The number of carbonyl (C=O) groups excluding carboxylic acids is 1. The molecular formula is C22H24N6O3S. The molecule has 0 spiro atoms. The highest BCUT2D eigenvalue weighted by atomic mass is 32.2. The molecule has 1 aromatic carbocycles. The number of carbonyl (C=O) groups is 1. The highest BCUT2D eigenvalue weighted by molar-refractivity contribution is 7.90. The zero-order valence-electron chi connectivity index (χ0n) is 18.1. The SMILES string of the molecule is C[C@@H](C1CC1)N1Cc2cc(-c3cnc(N)c(-c4cnn(C)c4)n3)cc(S(C)(=O)=O)c2C1=O. The number of nitrogens with two attached hydrogens (primary N) is 1. The summed E-state index contributed by atoms with van der Waals surface area (Å²) in [5, 5.41) is 4.15. The van der Waals surface area contributed by atoms with E-state index in [2.05, 4.69) is 15.1 Å². The van der Waals surface area contributed by atoms with Gasteiger partial charge in [-0.3, -0.25) is 9.48 Å². The van der Waals surface area contributed by atoms with Crippen LogP contribution in [-0.2, 0) is 23.4 Å². The van der Waals surface area contributed by atoms with Crippen LogP contribution in [0.4, 0.5) is 5.82 Å². The summed E-state index contributed by atoms with van der Waals surface area (Å²) in [5.74, 6) is 0.524. The Labute approximate surface area is 186 Å². The van der Waals surface area contributed by atoms with Crippen LogP contribution in [0.2, 0.25) is 0 Å². The Bertz CT molecular complexity index is 1360. The number of hydrogen-bond donors (Lipinski definition) is 1. The van der Waals surface area contributed by atoms with Crippen molar-refractivity contribution in [1.29, 1.82) is 0 Å². The summed E-state index contributed by atoms with van der Waals surface area (Å²) in [4.78, 5) is 23.9. The van der Waals surface area contributed by atoms with Crippen molar-refractivity contribution in [2.45, 2.75) is 37.2 Å². The zero-order chi connectivity index (χ0) is 22.8. The Morgan fingerprint density at radius 1 is 1.19 bits per heavy atom. The Morgan fingerprint density at radius 2 is 1.94 bits per heavy atom. The van der Waals surface area contributed by atoms with Crippen LogP contribution in [0.1, 0.15) is 35.7 Å². The van der Waals surface area contributed by atoms with Crippen molar-refractivity contribution < 1.29 is 13.2 Å². The van der Waals surface area contributed by atoms with Crippen LogP contribution in [0.5, 0.6) is 0 Å². The molecule has 3 aromatic rings. The van der Waals surface area contributed by atoms with Crippen LogP contribution in [0.15, 0.2) is 35.6 Å². The fourth-order valence-corrected chi connectivity index (χ4v) is 5.27. The molecule has 0 bridgehead atoms. The Morgan fingerprint density at radius 3 is 2.56 bits per heavy atom. The molecule has 32 heavy (non-hydrogen) atoms. The molecule has 2 N–H and O–H groups in total. The summed E-state index contributed by atoms with van der Waals surface area (Å²) < 4.78 is 26.9. The second-order valence-electron chi connectivity index (χ2n) is 8.68. The van der Waals surface area contributed by atoms with E-state index in [1.165, 1.54) is 12.3 Å². The lowest BCUT2D eigenvalue weighted by atomic mass is 10.0. The molecule has 1 saturated carbocycles. The maximum absolute atomic E-state index is 13.2. The van der Waals surface area contributed by atoms with Gasteiger partial charge >= 0.3 is 0 Å². The number of aryl methyl sites for hydroxylation is 1. The summed E-state index contributed by atoms with van der Waals surface area (Å²) in [6.45, 7) is 2.42. The minimum atomic E-state index is -3.65. The van der Waals surface area contributed by atoms with E-state index in [4.69, 9.17) is 5.73 Å². The topological polar surface area (TPSA) is 124 Å². The predicted octanol–water partition coefficient (Wildman–Crippen LogP) is 2.28. The van der Waals surface area contributed by atoms with E-state index in [9.17, 15) is 13.2 Å². The zero-order valence-corrected chi connectivity index (χ0v) is 18.9. The highest BCUT2D eigenvalue weighted by Gasteiger charge is 2.40. The van der Waals surface area contributed by atoms with Gasteiger partial charge in [0.05, 0.1) is 28.5 Å². The number of rotatable bonds is 5. The monoisotopic (exact) mass is 452 g/mol. The van der Waals surface area contributed by atoms with Crippen LogP contribution in [0, 0.1) is 5.92 Å². The Hall–Kier alpha value is -3.27. The molecule has 166 valence electrons. The number of aromatic nitrogens is 4. The average molecular weight is 453 g/mol. The first kappa shape index (κ1) is 20.6. The van der Waals surface area contributed by atoms with E-state index in [0.717, 1.165) is 19.1 Å². The number of hydrogen-bond acceptors (Lipinski definition) is 7. The van der Waals surface area contributed by atoms with Crippen molar-refractivity contribution in [1.82, 2.24) is 24.6 Å². The molecule has 0 radical (unpaired) electrons. The van der Waals surface area contributed by atoms with Gasteiger partial charge in [-0.25, -0.2) is 18.4 Å². The van der Waals surface area contributed by atoms with Gasteiger partial charge < -0.3 is 10.6 Å². The highest BCUT2D eigenvalue weighted by Crippen LogP contribution is 2.40. The standard InChI is InChI=1S/C22H24N6O3S/c1-12(13-4-5-13)28-11-15-6-14(7-18(32(3,30)31)19(15)22(28)29)17-9-24-21(23)20(26-17)16-8-25-27(2)10-16/h6-10,12-13H,4-5,11H2,1-3H3,(H2,23,24)/t12-/m0/s1. The van der Waals surface area contributed by atoms with Crippen LogP contribution >= 0.6 is 0 Å². The van der Waals surface area contributed by atoms with Crippen molar-refractivity contribution in [3.63, 3.8) is 0 Å². The van der Waals surface area contributed by atoms with Gasteiger partial charge in [-0.15, -0.1) is 0 Å². The summed E-state index contributed by atoms with van der Waals surface area (Å²) in [6, 6.07) is 3.44. The van der Waals surface area contributed by atoms with Crippen molar-refractivity contribution in [3.8, 4) is 22.5 Å². The van der Waals surface area contributed by atoms with Crippen molar-refractivity contribution in [2.24, 2.45) is 13.0 Å². The van der Waals surface area contributed by atoms with Crippen LogP contribution < -0.4 is 5.73 Å². The Balaban J connectivity index is 1.63. The molecule has 1 aliphatic carbocycles. The number of fused-ring (bicyclic) bond motifs is 1. The second-order valence-corrected chi connectivity index (χ2v) is 10.7. The molecule has 9 nitrogen and oxygen atoms in total. The van der Waals surface area contributed by atoms with E-state index >= 15 is 0 Å². The van der Waals surface area contributed by atoms with Crippen molar-refractivity contribution in [3.05, 3.63) is 41.9 Å². The molecule has 2 aromatic heterocycles. The smallest absolute Gasteiger partial charge is 0.256 e. The maximum Gasteiger partial charge on any atom is 0.256 e. The number of nitrogen functional groups attached to an aromatic ring is 1. The number of benzene rings is 1. The van der Waals surface area contributed by atoms with Gasteiger partial charge in [-0.05, 0) is 43.4 Å². The molecule has 0 saturated heterocycles. The minimum absolute atomic E-state index is 0.0297. The summed E-state index contributed by atoms with van der Waals surface area (Å²) in [6.07, 6.45) is 8.27. The first-order chi connectivity index (χ1) is 15.1. The van der Waals surface area contributed by atoms with Crippen LogP contribution in [0.3, 0.4) is 0 Å². The maximum atomic E-state index is 13.2. The van der Waals surface area contributed by atoms with Crippen LogP contribution in [0.25, 0.3) is 22.5 Å². The number of nitrogens with zero attached hydrogens (tertiary/aromatic N) is 5. The van der Waals surface area contributed by atoms with Gasteiger partial charge in [0.25, 0.3) is 5.91 Å². The molecule has 10 heteroatoms. The molecule has 1 aliphatic heterocycles. The van der Waals surface area contributed by atoms with E-state index in [-0.39, 0.29) is 28.2 Å². The van der Waals surface area contributed by atoms with E-state index in [1.807, 2.05) is 13.0 Å². The van der Waals surface area contributed by atoms with Crippen LogP contribution in [-0.4, -0.2) is 51.3 Å². The fraction of sp³-hybridized carbons (Fsp3) is 0.364. The minimum Gasteiger partial charge on any atom is -0.382 e. The normalized spacial score (nSPS) is 17.0. The molecule has 1 amide bonds. The molecule has 2 aliphatic rings. The van der Waals surface area contributed by atoms with E-state index in [0.29, 0.717) is 40.5 Å². The molecule has 1 fully saturated rings. The molecule has 0 unspecified atom stereocenters. The van der Waals surface area contributed by atoms with Gasteiger partial charge in [0, 0.05) is 43.2 Å². The molecule has 3 heterocycles. The van der Waals surface area contributed by atoms with Gasteiger partial charge in [-0.2, -0.15) is 5.10 Å². The fourth-order valence-electron chi connectivity index (χ4n) is 4.34. The van der Waals surface area contributed by atoms with Crippen molar-refractivity contribution >= 4 is 21.6 Å². The Kier molecular flexibility index (Phi) is 4.59. The summed E-state index contributed by atoms with van der Waals surface area (Å²) in [5.41, 5.74) is 9.26. The lowest BCUT2D eigenvalue weighted by Gasteiger charge is -2.24. The van der Waals surface area contributed by atoms with Gasteiger partial charge in [0.15, 0.2) is 9.84 Å². The third-order valence-electron chi connectivity index (χ3n) is 6.27. The van der Waals surface area contributed by atoms with Gasteiger partial charge in [0.2, 0.25) is 0 Å². The summed E-state index contributed by atoms with van der Waals surface area (Å²) in [7, 11) is -1.85. The van der Waals surface area contributed by atoms with Crippen molar-refractivity contribution in [2.75, 3.05) is 12.0 Å². The summed E-state index contributed by atoms with van der Waals surface area (Å²) >= 11 is 0. The van der Waals surface area contributed by atoms with E-state index in [1.54, 1.807) is 29.0 Å². The number of amides is 1. The number of anilines is 1. The predicted molar refractivity (Wildman–Crippen MR) is 119 cm³/mol. The lowest BCUT2D eigenvalue weighted by Crippen LogP contribution is -2.35. The molecule has 1 atom stereocenters. The first-order valence-corrected chi connectivity index (χ1v) is 12.3. The molecule has 5 rings (SSSR count). The van der Waals surface area contributed by atoms with Gasteiger partial charge in [-0.1, -0.05) is 0 Å². The third kappa shape index (κ3) is 3.44. The van der Waals surface area contributed by atoms with Gasteiger partial charge in [0.1, 0.15) is 11.5 Å². The average Bonchev–Trinajstić information content (AvgIpc) is 3.42. The molecular weight excluding hydrogens is 428 g/mol. The quantitative estimate of drug-likeness (QED) is 0.630. The first-order valence-electron chi connectivity index (χ1n) is 10.4. The third-order valence-corrected chi connectivity index (χ3v) is 7.39. The largest absolute Gasteiger partial charge is 0.382 e.